The molecule has 2 aromatic rings. The van der Waals surface area contributed by atoms with Crippen LogP contribution in [0.4, 0.5) is 25.0 Å². The van der Waals surface area contributed by atoms with E-state index >= 15 is 0 Å². The Labute approximate surface area is 143 Å². The second kappa shape index (κ2) is 7.29. The minimum Gasteiger partial charge on any atom is -0.322 e. The Morgan fingerprint density at radius 3 is 2.44 bits per heavy atom. The number of carbonyl (C=O) groups is 2. The molecule has 1 atom stereocenters. The first-order valence-corrected chi connectivity index (χ1v) is 7.93. The van der Waals surface area contributed by atoms with Crippen molar-refractivity contribution < 1.29 is 18.4 Å². The van der Waals surface area contributed by atoms with Crippen LogP contribution in [0.15, 0.2) is 48.5 Å². The fourth-order valence-electron chi connectivity index (χ4n) is 2.79. The van der Waals surface area contributed by atoms with Gasteiger partial charge in [0.1, 0.15) is 17.7 Å². The summed E-state index contributed by atoms with van der Waals surface area (Å²) in [5, 5.41) is 5.16. The van der Waals surface area contributed by atoms with E-state index in [4.69, 9.17) is 0 Å². The first-order valence-electron chi connectivity index (χ1n) is 7.93. The summed E-state index contributed by atoms with van der Waals surface area (Å²) >= 11 is 0. The molecule has 0 radical (unpaired) electrons. The van der Waals surface area contributed by atoms with Crippen molar-refractivity contribution in [2.24, 2.45) is 0 Å². The molecule has 3 amide bonds. The Morgan fingerprint density at radius 2 is 1.72 bits per heavy atom. The lowest BCUT2D eigenvalue weighted by Gasteiger charge is -2.24. The highest BCUT2D eigenvalue weighted by molar-refractivity contribution is 5.99. The maximum atomic E-state index is 13.7. The van der Waals surface area contributed by atoms with Crippen LogP contribution in [0.3, 0.4) is 0 Å². The Kier molecular flexibility index (Phi) is 4.92. The zero-order valence-corrected chi connectivity index (χ0v) is 13.3. The van der Waals surface area contributed by atoms with E-state index in [2.05, 4.69) is 10.6 Å². The summed E-state index contributed by atoms with van der Waals surface area (Å²) < 4.78 is 26.6. The molecule has 0 saturated carbocycles. The molecule has 0 bridgehead atoms. The molecular weight excluding hydrogens is 328 g/mol. The first kappa shape index (κ1) is 16.9. The van der Waals surface area contributed by atoms with Gasteiger partial charge in [-0.25, -0.2) is 13.6 Å². The molecule has 2 N–H and O–H groups in total. The largest absolute Gasteiger partial charge is 0.322 e. The summed E-state index contributed by atoms with van der Waals surface area (Å²) in [4.78, 5) is 26.2. The number of amides is 3. The van der Waals surface area contributed by atoms with Gasteiger partial charge < -0.3 is 15.5 Å². The molecule has 0 aliphatic carbocycles. The van der Waals surface area contributed by atoms with E-state index in [1.807, 2.05) is 0 Å². The van der Waals surface area contributed by atoms with Gasteiger partial charge in [0, 0.05) is 12.2 Å². The second-order valence-corrected chi connectivity index (χ2v) is 5.76. The highest BCUT2D eigenvalue weighted by Gasteiger charge is 2.34. The first-order chi connectivity index (χ1) is 12.0. The number of hydrogen-bond acceptors (Lipinski definition) is 2. The van der Waals surface area contributed by atoms with Gasteiger partial charge in [0.25, 0.3) is 0 Å². The lowest BCUT2D eigenvalue weighted by atomic mass is 10.2. The second-order valence-electron chi connectivity index (χ2n) is 5.76. The minimum absolute atomic E-state index is 0.0818. The maximum Gasteiger partial charge on any atom is 0.322 e. The monoisotopic (exact) mass is 345 g/mol. The van der Waals surface area contributed by atoms with Crippen molar-refractivity contribution in [3.05, 3.63) is 60.2 Å². The minimum atomic E-state index is -0.681. The molecule has 130 valence electrons. The standard InChI is InChI=1S/C18H17F2N3O2/c19-12-7-9-13(10-8-12)21-18(25)23-11-3-6-16(23)17(24)22-15-5-2-1-4-14(15)20/h1-2,4-5,7-10,16H,3,6,11H2,(H,21,25)(H,22,24)/t16-/m0/s1. The Hall–Kier alpha value is -2.96. The van der Waals surface area contributed by atoms with E-state index in [0.717, 1.165) is 0 Å². The Morgan fingerprint density at radius 1 is 1.00 bits per heavy atom. The van der Waals surface area contributed by atoms with Crippen LogP contribution in [0.1, 0.15) is 12.8 Å². The number of benzene rings is 2. The number of para-hydroxylation sites is 1. The third-order valence-electron chi connectivity index (χ3n) is 4.04. The summed E-state index contributed by atoms with van der Waals surface area (Å²) in [5.41, 5.74) is 0.518. The lowest BCUT2D eigenvalue weighted by molar-refractivity contribution is -0.119. The van der Waals surface area contributed by atoms with Gasteiger partial charge in [-0.1, -0.05) is 12.1 Å². The SMILES string of the molecule is O=C(Nc1ccccc1F)[C@@H]1CCCN1C(=O)Nc1ccc(F)cc1. The van der Waals surface area contributed by atoms with Gasteiger partial charge in [0.2, 0.25) is 5.91 Å². The number of hydrogen-bond donors (Lipinski definition) is 2. The van der Waals surface area contributed by atoms with Gasteiger partial charge in [-0.05, 0) is 49.2 Å². The van der Waals surface area contributed by atoms with Crippen LogP contribution in [-0.2, 0) is 4.79 Å². The molecule has 1 fully saturated rings. The van der Waals surface area contributed by atoms with Crippen molar-refractivity contribution in [1.29, 1.82) is 0 Å². The number of likely N-dealkylation sites (tertiary alicyclic amines) is 1. The van der Waals surface area contributed by atoms with Crippen LogP contribution in [0.5, 0.6) is 0 Å². The van der Waals surface area contributed by atoms with Crippen molar-refractivity contribution in [2.45, 2.75) is 18.9 Å². The molecule has 5 nitrogen and oxygen atoms in total. The summed E-state index contributed by atoms with van der Waals surface area (Å²) in [6, 6.07) is 10.1. The predicted molar refractivity (Wildman–Crippen MR) is 90.2 cm³/mol. The zero-order valence-electron chi connectivity index (χ0n) is 13.3. The Bertz CT molecular complexity index is 780. The molecule has 0 spiro atoms. The summed E-state index contributed by atoms with van der Waals surface area (Å²) in [6.07, 6.45) is 1.17. The molecule has 2 aromatic carbocycles. The average Bonchev–Trinajstić information content (AvgIpc) is 3.09. The molecular formula is C18H17F2N3O2. The van der Waals surface area contributed by atoms with E-state index in [0.29, 0.717) is 25.1 Å². The molecule has 1 heterocycles. The molecule has 1 aliphatic heterocycles. The number of rotatable bonds is 3. The van der Waals surface area contributed by atoms with Crippen molar-refractivity contribution in [3.8, 4) is 0 Å². The lowest BCUT2D eigenvalue weighted by Crippen LogP contribution is -2.45. The highest BCUT2D eigenvalue weighted by atomic mass is 19.1. The highest BCUT2D eigenvalue weighted by Crippen LogP contribution is 2.22. The van der Waals surface area contributed by atoms with Crippen LogP contribution in [0, 0.1) is 11.6 Å². The van der Waals surface area contributed by atoms with Crippen LogP contribution >= 0.6 is 0 Å². The molecule has 25 heavy (non-hydrogen) atoms. The van der Waals surface area contributed by atoms with Gasteiger partial charge in [0.15, 0.2) is 0 Å². The summed E-state index contributed by atoms with van der Waals surface area (Å²) in [6.45, 7) is 0.419. The van der Waals surface area contributed by atoms with Gasteiger partial charge >= 0.3 is 6.03 Å². The topological polar surface area (TPSA) is 61.4 Å². The molecule has 7 heteroatoms. The number of carbonyl (C=O) groups excluding carboxylic acids is 2. The van der Waals surface area contributed by atoms with Gasteiger partial charge in [-0.2, -0.15) is 0 Å². The maximum absolute atomic E-state index is 13.7. The number of halogens is 2. The molecule has 1 saturated heterocycles. The fraction of sp³-hybridized carbons (Fsp3) is 0.222. The van der Waals surface area contributed by atoms with E-state index in [9.17, 15) is 18.4 Å². The Balaban J connectivity index is 1.67. The molecule has 0 aromatic heterocycles. The normalized spacial score (nSPS) is 16.6. The van der Waals surface area contributed by atoms with Crippen LogP contribution in [0.25, 0.3) is 0 Å². The zero-order chi connectivity index (χ0) is 17.8. The van der Waals surface area contributed by atoms with Crippen LogP contribution in [0.2, 0.25) is 0 Å². The average molecular weight is 345 g/mol. The third kappa shape index (κ3) is 3.93. The summed E-state index contributed by atoms with van der Waals surface area (Å²) in [7, 11) is 0. The van der Waals surface area contributed by atoms with Gasteiger partial charge in [-0.15, -0.1) is 0 Å². The van der Waals surface area contributed by atoms with E-state index < -0.39 is 29.6 Å². The predicted octanol–water partition coefficient (Wildman–Crippen LogP) is 3.60. The number of nitrogens with one attached hydrogen (secondary N) is 2. The van der Waals surface area contributed by atoms with E-state index in [1.165, 1.54) is 47.4 Å². The van der Waals surface area contributed by atoms with Crippen molar-refractivity contribution >= 4 is 23.3 Å². The van der Waals surface area contributed by atoms with Gasteiger partial charge in [0.05, 0.1) is 5.69 Å². The fourth-order valence-corrected chi connectivity index (χ4v) is 2.79. The van der Waals surface area contributed by atoms with Crippen molar-refractivity contribution in [2.75, 3.05) is 17.2 Å². The summed E-state index contributed by atoms with van der Waals surface area (Å²) in [5.74, 6) is -1.37. The van der Waals surface area contributed by atoms with Crippen molar-refractivity contribution in [1.82, 2.24) is 4.90 Å². The van der Waals surface area contributed by atoms with Crippen LogP contribution < -0.4 is 10.6 Å². The van der Waals surface area contributed by atoms with Crippen LogP contribution in [-0.4, -0.2) is 29.4 Å². The van der Waals surface area contributed by atoms with Gasteiger partial charge in [-0.3, -0.25) is 4.79 Å². The molecule has 3 rings (SSSR count). The number of nitrogens with zero attached hydrogens (tertiary/aromatic N) is 1. The smallest absolute Gasteiger partial charge is 0.322 e. The molecule has 0 unspecified atom stereocenters. The van der Waals surface area contributed by atoms with E-state index in [-0.39, 0.29) is 5.69 Å². The quantitative estimate of drug-likeness (QED) is 0.893. The van der Waals surface area contributed by atoms with E-state index in [1.54, 1.807) is 6.07 Å². The number of urea groups is 1. The molecule has 1 aliphatic rings. The van der Waals surface area contributed by atoms with Crippen molar-refractivity contribution in [3.63, 3.8) is 0 Å². The third-order valence-corrected chi connectivity index (χ3v) is 4.04. The number of anilines is 2.